The second kappa shape index (κ2) is 7.86. The third kappa shape index (κ3) is 3.48. The maximum Gasteiger partial charge on any atom is 0.192 e. The van der Waals surface area contributed by atoms with Crippen LogP contribution in [0.1, 0.15) is 86.5 Å². The van der Waals surface area contributed by atoms with Crippen LogP contribution < -0.4 is 0 Å². The van der Waals surface area contributed by atoms with E-state index < -0.39 is 25.6 Å². The van der Waals surface area contributed by atoms with E-state index in [-0.39, 0.29) is 46.5 Å². The molecule has 1 saturated heterocycles. The van der Waals surface area contributed by atoms with E-state index >= 15 is 0 Å². The Morgan fingerprint density at radius 2 is 1.68 bits per heavy atom. The quantitative estimate of drug-likeness (QED) is 0.404. The number of ether oxygens (including phenoxy) is 2. The molecule has 34 heavy (non-hydrogen) atoms. The van der Waals surface area contributed by atoms with E-state index in [0.29, 0.717) is 12.3 Å². The summed E-state index contributed by atoms with van der Waals surface area (Å²) < 4.78 is 20.3. The van der Waals surface area contributed by atoms with Crippen LogP contribution in [-0.4, -0.2) is 49.9 Å². The van der Waals surface area contributed by atoms with Gasteiger partial charge in [-0.2, -0.15) is 0 Å². The van der Waals surface area contributed by atoms with Crippen LogP contribution in [0.4, 0.5) is 0 Å². The van der Waals surface area contributed by atoms with Gasteiger partial charge in [0.25, 0.3) is 0 Å². The van der Waals surface area contributed by atoms with Crippen LogP contribution >= 0.6 is 0 Å². The Morgan fingerprint density at radius 3 is 2.32 bits per heavy atom. The van der Waals surface area contributed by atoms with E-state index in [1.54, 1.807) is 0 Å². The van der Waals surface area contributed by atoms with Crippen LogP contribution in [-0.2, 0) is 18.7 Å². The van der Waals surface area contributed by atoms with Crippen LogP contribution in [0.25, 0.3) is 0 Å². The molecule has 0 spiro atoms. The van der Waals surface area contributed by atoms with Gasteiger partial charge in [0.1, 0.15) is 6.29 Å². The van der Waals surface area contributed by atoms with Crippen molar-refractivity contribution < 1.29 is 23.8 Å². The zero-order valence-electron chi connectivity index (χ0n) is 22.7. The molecule has 0 radical (unpaired) electrons. The molecule has 10 atom stereocenters. The van der Waals surface area contributed by atoms with Crippen LogP contribution in [0, 0.1) is 34.5 Å². The lowest BCUT2D eigenvalue weighted by molar-refractivity contribution is -0.218. The molecule has 1 aliphatic heterocycles. The van der Waals surface area contributed by atoms with E-state index in [2.05, 4.69) is 40.8 Å². The van der Waals surface area contributed by atoms with Gasteiger partial charge in [-0.1, -0.05) is 40.5 Å². The highest BCUT2D eigenvalue weighted by atomic mass is 28.4. The van der Waals surface area contributed by atoms with Crippen molar-refractivity contribution in [3.63, 3.8) is 0 Å². The Kier molecular flexibility index (Phi) is 5.87. The Morgan fingerprint density at radius 1 is 1.00 bits per heavy atom. The number of hydrogen-bond donors (Lipinski definition) is 1. The average Bonchev–Trinajstić information content (AvgIpc) is 3.23. The number of fused-ring (bicyclic) bond motifs is 8. The predicted molar refractivity (Wildman–Crippen MR) is 135 cm³/mol. The molecule has 5 unspecified atom stereocenters. The summed E-state index contributed by atoms with van der Waals surface area (Å²) in [4.78, 5) is 13.1. The normalized spacial score (nSPS) is 50.1. The number of hydrogen-bond acceptors (Lipinski definition) is 5. The summed E-state index contributed by atoms with van der Waals surface area (Å²) >= 11 is 0. The van der Waals surface area contributed by atoms with Gasteiger partial charge in [-0.25, -0.2) is 0 Å². The van der Waals surface area contributed by atoms with Crippen molar-refractivity contribution in [2.45, 2.75) is 135 Å². The van der Waals surface area contributed by atoms with Gasteiger partial charge in [-0.05, 0) is 93.2 Å². The van der Waals surface area contributed by atoms with Crippen LogP contribution in [0.2, 0.25) is 18.1 Å². The lowest BCUT2D eigenvalue weighted by Crippen LogP contribution is -2.67. The first-order valence-corrected chi connectivity index (χ1v) is 16.8. The zero-order valence-corrected chi connectivity index (χ0v) is 23.7. The fourth-order valence-corrected chi connectivity index (χ4v) is 10.3. The summed E-state index contributed by atoms with van der Waals surface area (Å²) in [5.41, 5.74) is -0.602. The number of carbonyl (C=O) groups excluding carboxylic acids is 1. The highest BCUT2D eigenvalue weighted by Crippen LogP contribution is 2.68. The monoisotopic (exact) mass is 492 g/mol. The van der Waals surface area contributed by atoms with Gasteiger partial charge in [0, 0.05) is 0 Å². The average molecular weight is 493 g/mol. The largest absolute Gasteiger partial charge is 0.413 e. The van der Waals surface area contributed by atoms with E-state index in [1.165, 1.54) is 19.1 Å². The predicted octanol–water partition coefficient (Wildman–Crippen LogP) is 5.70. The summed E-state index contributed by atoms with van der Waals surface area (Å²) in [7, 11) is -2.06. The van der Waals surface area contributed by atoms with Crippen LogP contribution in [0.5, 0.6) is 0 Å². The standard InChI is InChI=1S/C28H48O5Si/c1-25(2,3)34(7,8)33-20-13-12-17-21-22(19(30)15-28(17,20)16-29)27(6)14-10-9-11-18(27)23-24(21)32-26(4,5)31-23/h16-24,30H,9-15H2,1-8H3/t17?,18?,19?,20-,21?,22?,23+,24+,27-,28+/m0/s1. The Bertz CT molecular complexity index is 820. The van der Waals surface area contributed by atoms with Gasteiger partial charge in [-0.3, -0.25) is 0 Å². The molecule has 0 bridgehead atoms. The first-order chi connectivity index (χ1) is 15.7. The fourth-order valence-electron chi connectivity index (χ4n) is 8.93. The molecule has 5 aliphatic rings. The van der Waals surface area contributed by atoms with Gasteiger partial charge < -0.3 is 23.8 Å². The molecule has 0 amide bonds. The molecular weight excluding hydrogens is 444 g/mol. The van der Waals surface area contributed by atoms with Crippen molar-refractivity contribution in [3.05, 3.63) is 0 Å². The first kappa shape index (κ1) is 25.4. The molecule has 1 N–H and O–H groups in total. The Hall–Kier alpha value is -0.273. The van der Waals surface area contributed by atoms with Crippen molar-refractivity contribution in [1.29, 1.82) is 0 Å². The molecule has 0 aromatic rings. The summed E-state index contributed by atoms with van der Waals surface area (Å²) in [5, 5.41) is 12.0. The topological polar surface area (TPSA) is 65.0 Å². The maximum absolute atomic E-state index is 13.1. The molecular formula is C28H48O5Si. The molecule has 4 saturated carbocycles. The smallest absolute Gasteiger partial charge is 0.192 e. The highest BCUT2D eigenvalue weighted by Gasteiger charge is 2.71. The molecule has 0 aromatic heterocycles. The molecule has 5 nitrogen and oxygen atoms in total. The molecule has 0 aromatic carbocycles. The van der Waals surface area contributed by atoms with Crippen molar-refractivity contribution in [1.82, 2.24) is 0 Å². The minimum Gasteiger partial charge on any atom is -0.413 e. The van der Waals surface area contributed by atoms with E-state index in [1.807, 2.05) is 13.8 Å². The molecule has 1 heterocycles. The van der Waals surface area contributed by atoms with Crippen molar-refractivity contribution in [3.8, 4) is 0 Å². The summed E-state index contributed by atoms with van der Waals surface area (Å²) in [6, 6.07) is 0. The van der Waals surface area contributed by atoms with Gasteiger partial charge in [-0.15, -0.1) is 0 Å². The molecule has 6 heteroatoms. The second-order valence-electron chi connectivity index (χ2n) is 14.6. The molecule has 5 rings (SSSR count). The molecule has 194 valence electrons. The van der Waals surface area contributed by atoms with Crippen molar-refractivity contribution in [2.24, 2.45) is 34.5 Å². The summed E-state index contributed by atoms with van der Waals surface area (Å²) in [6.07, 6.45) is 7.69. The van der Waals surface area contributed by atoms with Crippen LogP contribution in [0.15, 0.2) is 0 Å². The maximum atomic E-state index is 13.1. The number of rotatable bonds is 3. The third-order valence-electron chi connectivity index (χ3n) is 11.4. The first-order valence-electron chi connectivity index (χ1n) is 13.8. The van der Waals surface area contributed by atoms with E-state index in [9.17, 15) is 9.90 Å². The minimum absolute atomic E-state index is 0.0285. The summed E-state index contributed by atoms with van der Waals surface area (Å²) in [5.74, 6) is 0.255. The zero-order chi connectivity index (χ0) is 24.9. The number of aldehydes is 1. The number of carbonyl (C=O) groups is 1. The number of aliphatic hydroxyl groups excluding tert-OH is 1. The fraction of sp³-hybridized carbons (Fsp3) is 0.964. The van der Waals surface area contributed by atoms with Gasteiger partial charge in [0.15, 0.2) is 14.1 Å². The minimum atomic E-state index is -2.06. The van der Waals surface area contributed by atoms with Gasteiger partial charge in [0.05, 0.1) is 29.8 Å². The van der Waals surface area contributed by atoms with E-state index in [0.717, 1.165) is 25.7 Å². The van der Waals surface area contributed by atoms with Crippen LogP contribution in [0.3, 0.4) is 0 Å². The van der Waals surface area contributed by atoms with Crippen molar-refractivity contribution in [2.75, 3.05) is 0 Å². The van der Waals surface area contributed by atoms with E-state index in [4.69, 9.17) is 13.9 Å². The Labute approximate surface area is 207 Å². The lowest BCUT2D eigenvalue weighted by atomic mass is 9.43. The SMILES string of the molecule is CC1(C)O[C@@H]2C3C(C(O)C[C@@]4(C=O)C3CC[C@@H]4O[Si](C)(C)C(C)(C)C)[C@@]3(C)CCCCC3[C@H]2O1. The number of aliphatic hydroxyl groups is 1. The van der Waals surface area contributed by atoms with Gasteiger partial charge >= 0.3 is 0 Å². The molecule has 5 fully saturated rings. The van der Waals surface area contributed by atoms with Crippen molar-refractivity contribution >= 4 is 14.6 Å². The molecule has 4 aliphatic carbocycles. The third-order valence-corrected chi connectivity index (χ3v) is 15.9. The Balaban J connectivity index is 1.56. The second-order valence-corrected chi connectivity index (χ2v) is 19.3. The van der Waals surface area contributed by atoms with Gasteiger partial charge in [0.2, 0.25) is 0 Å². The lowest BCUT2D eigenvalue weighted by Gasteiger charge is -2.63. The summed E-state index contributed by atoms with van der Waals surface area (Å²) in [6.45, 7) is 17.8. The highest BCUT2D eigenvalue weighted by molar-refractivity contribution is 6.74.